The van der Waals surface area contributed by atoms with Crippen LogP contribution in [0.2, 0.25) is 0 Å². The number of nitrogens with one attached hydrogen (secondary N) is 1. The smallest absolute Gasteiger partial charge is 0.0374 e. The third kappa shape index (κ3) is 3.92. The maximum absolute atomic E-state index is 4.03. The summed E-state index contributed by atoms with van der Waals surface area (Å²) in [6.45, 7) is 12.1. The van der Waals surface area contributed by atoms with Gasteiger partial charge >= 0.3 is 0 Å². The molecule has 0 aromatic carbocycles. The zero-order chi connectivity index (χ0) is 16.7. The van der Waals surface area contributed by atoms with Crippen LogP contribution in [0.3, 0.4) is 0 Å². The van der Waals surface area contributed by atoms with Gasteiger partial charge in [0.15, 0.2) is 0 Å². The van der Waals surface area contributed by atoms with E-state index in [0.29, 0.717) is 0 Å². The number of hydrogen-bond donors (Lipinski definition) is 1. The van der Waals surface area contributed by atoms with Crippen molar-refractivity contribution in [3.05, 3.63) is 95.5 Å². The molecule has 0 saturated carbocycles. The molecule has 2 rings (SSSR count). The van der Waals surface area contributed by atoms with Crippen LogP contribution in [-0.2, 0) is 0 Å². The third-order valence-electron chi connectivity index (χ3n) is 4.25. The normalized spacial score (nSPS) is 20.6. The van der Waals surface area contributed by atoms with Crippen molar-refractivity contribution >= 4 is 0 Å². The average Bonchev–Trinajstić information content (AvgIpc) is 3.00. The van der Waals surface area contributed by atoms with E-state index in [1.54, 1.807) is 0 Å². The van der Waals surface area contributed by atoms with Crippen LogP contribution in [0.25, 0.3) is 0 Å². The van der Waals surface area contributed by atoms with Crippen molar-refractivity contribution in [2.45, 2.75) is 39.5 Å². The molecule has 23 heavy (non-hydrogen) atoms. The predicted octanol–water partition coefficient (Wildman–Crippen LogP) is 6.05. The fraction of sp³-hybridized carbons (Fsp3) is 0.273. The van der Waals surface area contributed by atoms with E-state index in [0.717, 1.165) is 31.3 Å². The van der Waals surface area contributed by atoms with Crippen molar-refractivity contribution in [1.82, 2.24) is 5.32 Å². The largest absolute Gasteiger partial charge is 0.358 e. The second-order valence-corrected chi connectivity index (χ2v) is 5.75. The maximum Gasteiger partial charge on any atom is 0.0374 e. The highest BCUT2D eigenvalue weighted by Gasteiger charge is 2.23. The predicted molar refractivity (Wildman–Crippen MR) is 102 cm³/mol. The molecular weight excluding hydrogens is 278 g/mol. The second kappa shape index (κ2) is 8.38. The van der Waals surface area contributed by atoms with E-state index in [2.05, 4.69) is 55.8 Å². The first-order valence-electron chi connectivity index (χ1n) is 8.41. The molecule has 2 aliphatic rings. The summed E-state index contributed by atoms with van der Waals surface area (Å²) in [6, 6.07) is 0. The van der Waals surface area contributed by atoms with Crippen molar-refractivity contribution in [3.63, 3.8) is 0 Å². The summed E-state index contributed by atoms with van der Waals surface area (Å²) in [5, 5.41) is 3.64. The summed E-state index contributed by atoms with van der Waals surface area (Å²) in [5.41, 5.74) is 7.80. The highest BCUT2D eigenvalue weighted by molar-refractivity contribution is 5.58. The third-order valence-corrected chi connectivity index (χ3v) is 4.25. The summed E-state index contributed by atoms with van der Waals surface area (Å²) in [6.07, 6.45) is 20.9. The fourth-order valence-electron chi connectivity index (χ4n) is 3.12. The van der Waals surface area contributed by atoms with Crippen LogP contribution in [-0.4, -0.2) is 0 Å². The molecule has 1 N–H and O–H groups in total. The molecule has 1 heterocycles. The van der Waals surface area contributed by atoms with Gasteiger partial charge in [-0.15, -0.1) is 0 Å². The highest BCUT2D eigenvalue weighted by atomic mass is 14.9. The summed E-state index contributed by atoms with van der Waals surface area (Å²) < 4.78 is 0. The van der Waals surface area contributed by atoms with Crippen LogP contribution in [0.15, 0.2) is 95.5 Å². The minimum Gasteiger partial charge on any atom is -0.358 e. The average molecular weight is 305 g/mol. The molecule has 1 heteroatoms. The van der Waals surface area contributed by atoms with E-state index >= 15 is 0 Å². The van der Waals surface area contributed by atoms with E-state index < -0.39 is 0 Å². The first kappa shape index (κ1) is 17.1. The minimum absolute atomic E-state index is 0.966. The molecule has 0 aromatic rings. The first-order valence-corrected chi connectivity index (χ1v) is 8.41. The van der Waals surface area contributed by atoms with Gasteiger partial charge in [0, 0.05) is 23.4 Å². The van der Waals surface area contributed by atoms with Crippen LogP contribution in [0.5, 0.6) is 0 Å². The quantitative estimate of drug-likeness (QED) is 0.589. The minimum atomic E-state index is 0.966. The second-order valence-electron chi connectivity index (χ2n) is 5.75. The molecular formula is C22H27N. The molecule has 0 aromatic heterocycles. The van der Waals surface area contributed by atoms with Gasteiger partial charge in [0.1, 0.15) is 0 Å². The Kier molecular flexibility index (Phi) is 6.22. The zero-order valence-corrected chi connectivity index (χ0v) is 14.4. The summed E-state index contributed by atoms with van der Waals surface area (Å²) in [7, 11) is 0. The Morgan fingerprint density at radius 1 is 1.30 bits per heavy atom. The molecule has 0 spiro atoms. The molecule has 0 unspecified atom stereocenters. The number of hydrogen-bond acceptors (Lipinski definition) is 1. The lowest BCUT2D eigenvalue weighted by molar-refractivity contribution is 0.921. The Morgan fingerprint density at radius 2 is 2.13 bits per heavy atom. The molecule has 1 aliphatic carbocycles. The monoisotopic (exact) mass is 305 g/mol. The van der Waals surface area contributed by atoms with Crippen LogP contribution in [0, 0.1) is 0 Å². The van der Waals surface area contributed by atoms with E-state index in [4.69, 9.17) is 0 Å². The van der Waals surface area contributed by atoms with Crippen molar-refractivity contribution in [2.24, 2.45) is 0 Å². The lowest BCUT2D eigenvalue weighted by Crippen LogP contribution is -2.10. The van der Waals surface area contributed by atoms with Gasteiger partial charge < -0.3 is 5.32 Å². The standard InChI is InChI=1S/C22H27N/c1-5-9-13-18(8-4)22(17(7-3)12-6-2)21-16-19-14-10-11-15-20(19)23-21/h5-6,8-9,11-13,15,23H,2,4,7,10,14,16H2,1,3H3/b9-5-,17-12+,18-13+,22-21-. The van der Waals surface area contributed by atoms with E-state index in [1.165, 1.54) is 28.1 Å². The summed E-state index contributed by atoms with van der Waals surface area (Å²) >= 11 is 0. The van der Waals surface area contributed by atoms with Gasteiger partial charge in [-0.25, -0.2) is 0 Å². The Hall–Kier alpha value is -2.28. The van der Waals surface area contributed by atoms with Crippen LogP contribution < -0.4 is 5.32 Å². The van der Waals surface area contributed by atoms with E-state index in [1.807, 2.05) is 25.2 Å². The highest BCUT2D eigenvalue weighted by Crippen LogP contribution is 2.36. The summed E-state index contributed by atoms with van der Waals surface area (Å²) in [4.78, 5) is 0. The van der Waals surface area contributed by atoms with E-state index in [9.17, 15) is 0 Å². The van der Waals surface area contributed by atoms with Crippen molar-refractivity contribution in [3.8, 4) is 0 Å². The van der Waals surface area contributed by atoms with E-state index in [-0.39, 0.29) is 0 Å². The molecule has 120 valence electrons. The van der Waals surface area contributed by atoms with Crippen LogP contribution in [0.4, 0.5) is 0 Å². The van der Waals surface area contributed by atoms with Crippen molar-refractivity contribution < 1.29 is 0 Å². The topological polar surface area (TPSA) is 12.0 Å². The van der Waals surface area contributed by atoms with Crippen LogP contribution in [0.1, 0.15) is 39.5 Å². The fourth-order valence-corrected chi connectivity index (χ4v) is 3.12. The Balaban J connectivity index is 2.52. The molecule has 0 fully saturated rings. The molecule has 0 atom stereocenters. The first-order chi connectivity index (χ1) is 11.2. The Morgan fingerprint density at radius 3 is 2.74 bits per heavy atom. The Bertz CT molecular complexity index is 660. The molecule has 0 amide bonds. The zero-order valence-electron chi connectivity index (χ0n) is 14.4. The SMILES string of the molecule is C=C/C=C(CC)/C(=C1\CC2=C(C=CCC2)N1)C(/C=C)=C/C=C\C. The number of rotatable bonds is 6. The lowest BCUT2D eigenvalue weighted by atomic mass is 9.91. The molecule has 0 saturated heterocycles. The van der Waals surface area contributed by atoms with Gasteiger partial charge in [-0.2, -0.15) is 0 Å². The molecule has 0 bridgehead atoms. The maximum atomic E-state index is 4.03. The van der Waals surface area contributed by atoms with Crippen LogP contribution >= 0.6 is 0 Å². The van der Waals surface area contributed by atoms with Gasteiger partial charge in [-0.1, -0.05) is 62.6 Å². The summed E-state index contributed by atoms with van der Waals surface area (Å²) in [5.74, 6) is 0. The molecule has 0 radical (unpaired) electrons. The van der Waals surface area contributed by atoms with Gasteiger partial charge in [0.05, 0.1) is 0 Å². The van der Waals surface area contributed by atoms with Gasteiger partial charge in [-0.3, -0.25) is 0 Å². The Labute approximate surface area is 140 Å². The molecule has 1 aliphatic heterocycles. The van der Waals surface area contributed by atoms with Crippen molar-refractivity contribution in [1.29, 1.82) is 0 Å². The number of allylic oxidation sites excluding steroid dienone is 12. The van der Waals surface area contributed by atoms with Gasteiger partial charge in [-0.05, 0) is 49.0 Å². The van der Waals surface area contributed by atoms with Crippen molar-refractivity contribution in [2.75, 3.05) is 0 Å². The van der Waals surface area contributed by atoms with Gasteiger partial charge in [0.2, 0.25) is 0 Å². The lowest BCUT2D eigenvalue weighted by Gasteiger charge is -2.16. The van der Waals surface area contributed by atoms with Gasteiger partial charge in [0.25, 0.3) is 0 Å². The molecule has 1 nitrogen and oxygen atoms in total.